The molecule has 232 valence electrons. The fraction of sp³-hybridized carbons (Fsp3) is 0.567. The summed E-state index contributed by atoms with van der Waals surface area (Å²) in [4.78, 5) is 50.4. The summed E-state index contributed by atoms with van der Waals surface area (Å²) in [6.07, 6.45) is 1.21. The number of hydroxylamine groups is 2. The highest BCUT2D eigenvalue weighted by Crippen LogP contribution is 2.61. The molecule has 1 aromatic heterocycles. The minimum Gasteiger partial charge on any atom is -0.444 e. The number of guanidine groups is 1. The standard InChI is InChI=1S/C30H40N6O7/c1-28(2,3)41-25(37)32-24(33-26(38)42-29(4,5)6)31-16-20-14-21(34-43-20)22-15-30(12-13-30)23-17-35(22)27(39)36(23)40-18-19-10-8-7-9-11-19/h7-11,14,22-23H,12-13,15-18H2,1-6H3,(H2,31,32,33,37,38)/t22-,23+/m0/s1. The number of piperidine rings is 1. The van der Waals surface area contributed by atoms with Crippen LogP contribution in [-0.4, -0.2) is 63.1 Å². The van der Waals surface area contributed by atoms with Gasteiger partial charge in [0, 0.05) is 12.6 Å². The van der Waals surface area contributed by atoms with E-state index in [0.717, 1.165) is 24.8 Å². The van der Waals surface area contributed by atoms with E-state index < -0.39 is 23.4 Å². The number of rotatable bonds is 6. The Morgan fingerprint density at radius 1 is 1.05 bits per heavy atom. The van der Waals surface area contributed by atoms with Gasteiger partial charge in [-0.1, -0.05) is 35.5 Å². The number of carbonyl (C=O) groups excluding carboxylic acids is 3. The van der Waals surface area contributed by atoms with Gasteiger partial charge in [0.15, 0.2) is 5.76 Å². The highest BCUT2D eigenvalue weighted by molar-refractivity contribution is 6.01. The quantitative estimate of drug-likeness (QED) is 0.348. The molecule has 3 heterocycles. The Hall–Kier alpha value is -4.13. The molecule has 13 nitrogen and oxygen atoms in total. The van der Waals surface area contributed by atoms with Crippen LogP contribution < -0.4 is 10.6 Å². The van der Waals surface area contributed by atoms with Crippen LogP contribution >= 0.6 is 0 Å². The van der Waals surface area contributed by atoms with Gasteiger partial charge in [0.2, 0.25) is 5.96 Å². The number of nitrogens with zero attached hydrogens (tertiary/aromatic N) is 4. The van der Waals surface area contributed by atoms with Crippen LogP contribution in [0.3, 0.4) is 0 Å². The molecule has 2 atom stereocenters. The predicted octanol–water partition coefficient (Wildman–Crippen LogP) is 5.04. The van der Waals surface area contributed by atoms with Gasteiger partial charge < -0.3 is 18.9 Å². The first kappa shape index (κ1) is 30.3. The molecule has 1 spiro atoms. The highest BCUT2D eigenvalue weighted by Gasteiger charge is 2.63. The molecule has 0 unspecified atom stereocenters. The molecule has 2 aromatic rings. The maximum atomic E-state index is 13.5. The van der Waals surface area contributed by atoms with Gasteiger partial charge in [-0.15, -0.1) is 0 Å². The first-order valence-corrected chi connectivity index (χ1v) is 14.5. The van der Waals surface area contributed by atoms with Crippen molar-refractivity contribution in [1.29, 1.82) is 0 Å². The topological polar surface area (TPSA) is 148 Å². The van der Waals surface area contributed by atoms with E-state index >= 15 is 0 Å². The van der Waals surface area contributed by atoms with Gasteiger partial charge >= 0.3 is 18.2 Å². The van der Waals surface area contributed by atoms with E-state index in [1.807, 2.05) is 30.3 Å². The number of amides is 4. The van der Waals surface area contributed by atoms with Crippen molar-refractivity contribution in [3.63, 3.8) is 0 Å². The zero-order valence-electron chi connectivity index (χ0n) is 25.5. The normalized spacial score (nSPS) is 20.6. The molecule has 2 bridgehead atoms. The van der Waals surface area contributed by atoms with E-state index in [4.69, 9.17) is 18.8 Å². The molecule has 0 radical (unpaired) electrons. The smallest absolute Gasteiger partial charge is 0.414 e. The van der Waals surface area contributed by atoms with Crippen LogP contribution in [0.4, 0.5) is 14.4 Å². The zero-order valence-corrected chi connectivity index (χ0v) is 25.5. The van der Waals surface area contributed by atoms with Crippen LogP contribution in [0.1, 0.15) is 83.9 Å². The number of urea groups is 1. The Balaban J connectivity index is 1.27. The first-order chi connectivity index (χ1) is 20.2. The van der Waals surface area contributed by atoms with Crippen LogP contribution in [0, 0.1) is 5.41 Å². The average Bonchev–Trinajstić information content (AvgIpc) is 3.39. The molecular formula is C30H40N6O7. The Morgan fingerprint density at radius 3 is 2.26 bits per heavy atom. The number of hydrogen-bond donors (Lipinski definition) is 2. The molecule has 13 heteroatoms. The van der Waals surface area contributed by atoms with Crippen molar-refractivity contribution in [3.05, 3.63) is 53.4 Å². The summed E-state index contributed by atoms with van der Waals surface area (Å²) >= 11 is 0. The van der Waals surface area contributed by atoms with Crippen molar-refractivity contribution in [2.75, 3.05) is 6.54 Å². The van der Waals surface area contributed by atoms with Gasteiger partial charge in [0.1, 0.15) is 30.0 Å². The summed E-state index contributed by atoms with van der Waals surface area (Å²) in [6.45, 7) is 11.2. The second kappa shape index (κ2) is 11.5. The van der Waals surface area contributed by atoms with Crippen molar-refractivity contribution in [2.45, 2.75) is 97.2 Å². The molecule has 1 saturated carbocycles. The van der Waals surface area contributed by atoms with Crippen molar-refractivity contribution in [3.8, 4) is 0 Å². The lowest BCUT2D eigenvalue weighted by Crippen LogP contribution is -2.47. The minimum atomic E-state index is -0.793. The molecule has 3 fully saturated rings. The van der Waals surface area contributed by atoms with Crippen LogP contribution in [0.15, 0.2) is 45.9 Å². The Morgan fingerprint density at radius 2 is 1.67 bits per heavy atom. The Labute approximate surface area is 250 Å². The number of aromatic nitrogens is 1. The molecule has 1 aliphatic carbocycles. The molecule has 1 aromatic carbocycles. The van der Waals surface area contributed by atoms with Crippen molar-refractivity contribution < 1.29 is 33.2 Å². The summed E-state index contributed by atoms with van der Waals surface area (Å²) in [7, 11) is 0. The van der Waals surface area contributed by atoms with Gasteiger partial charge in [-0.3, -0.25) is 15.5 Å². The lowest BCUT2D eigenvalue weighted by molar-refractivity contribution is -0.153. The van der Waals surface area contributed by atoms with E-state index in [-0.39, 0.29) is 36.0 Å². The van der Waals surface area contributed by atoms with Crippen LogP contribution in [0.2, 0.25) is 0 Å². The van der Waals surface area contributed by atoms with E-state index in [1.54, 1.807) is 57.6 Å². The fourth-order valence-corrected chi connectivity index (χ4v) is 5.39. The van der Waals surface area contributed by atoms with Gasteiger partial charge in [0.05, 0.1) is 12.1 Å². The molecule has 2 N–H and O–H groups in total. The maximum absolute atomic E-state index is 13.5. The molecule has 5 rings (SSSR count). The highest BCUT2D eigenvalue weighted by atomic mass is 16.7. The third kappa shape index (κ3) is 7.45. The second-order valence-corrected chi connectivity index (χ2v) is 13.3. The third-order valence-electron chi connectivity index (χ3n) is 7.43. The number of ether oxygens (including phenoxy) is 2. The van der Waals surface area contributed by atoms with Crippen LogP contribution in [-0.2, 0) is 27.5 Å². The van der Waals surface area contributed by atoms with E-state index in [0.29, 0.717) is 24.6 Å². The lowest BCUT2D eigenvalue weighted by Gasteiger charge is -2.35. The minimum absolute atomic E-state index is 0.00338. The molecular weight excluding hydrogens is 556 g/mol. The SMILES string of the molecule is CC(C)(C)OC(=O)NC(=NCc1cc([C@@H]2CC3(CC3)[C@H]3CN2C(=O)N3OCc2ccccc2)no1)NC(=O)OC(C)(C)C. The molecule has 4 amide bonds. The zero-order chi connectivity index (χ0) is 31.0. The van der Waals surface area contributed by atoms with Gasteiger partial charge in [-0.2, -0.15) is 5.06 Å². The number of aliphatic imine (C=N–C) groups is 1. The predicted molar refractivity (Wildman–Crippen MR) is 154 cm³/mol. The average molecular weight is 597 g/mol. The summed E-state index contributed by atoms with van der Waals surface area (Å²) in [5.74, 6) is 0.222. The number of alkyl carbamates (subject to hydrolysis) is 2. The summed E-state index contributed by atoms with van der Waals surface area (Å²) in [5, 5.41) is 10.7. The van der Waals surface area contributed by atoms with Crippen LogP contribution in [0.5, 0.6) is 0 Å². The molecule has 2 saturated heterocycles. The van der Waals surface area contributed by atoms with Crippen molar-refractivity contribution in [1.82, 2.24) is 25.8 Å². The number of fused-ring (bicyclic) bond motifs is 3. The van der Waals surface area contributed by atoms with Gasteiger partial charge in [0.25, 0.3) is 0 Å². The summed E-state index contributed by atoms with van der Waals surface area (Å²) < 4.78 is 16.2. The summed E-state index contributed by atoms with van der Waals surface area (Å²) in [6, 6.07) is 11.1. The molecule has 3 aliphatic rings. The Kier molecular flexibility index (Phi) is 8.12. The maximum Gasteiger partial charge on any atom is 0.414 e. The van der Waals surface area contributed by atoms with Gasteiger partial charge in [-0.25, -0.2) is 19.4 Å². The molecule has 43 heavy (non-hydrogen) atoms. The van der Waals surface area contributed by atoms with E-state index in [2.05, 4.69) is 20.8 Å². The van der Waals surface area contributed by atoms with Gasteiger partial charge in [-0.05, 0) is 71.8 Å². The van der Waals surface area contributed by atoms with E-state index in [1.165, 1.54) is 0 Å². The Bertz CT molecular complexity index is 1340. The van der Waals surface area contributed by atoms with E-state index in [9.17, 15) is 14.4 Å². The fourth-order valence-electron chi connectivity index (χ4n) is 5.39. The summed E-state index contributed by atoms with van der Waals surface area (Å²) in [5.41, 5.74) is 0.0945. The molecule has 2 aliphatic heterocycles. The number of carbonyl (C=O) groups is 3. The largest absolute Gasteiger partial charge is 0.444 e. The third-order valence-corrected chi connectivity index (χ3v) is 7.43. The van der Waals surface area contributed by atoms with Crippen LogP contribution in [0.25, 0.3) is 0 Å². The number of hydrogen-bond acceptors (Lipinski definition) is 9. The van der Waals surface area contributed by atoms with Crippen molar-refractivity contribution in [2.24, 2.45) is 10.4 Å². The number of nitrogens with one attached hydrogen (secondary N) is 2. The second-order valence-electron chi connectivity index (χ2n) is 13.3. The first-order valence-electron chi connectivity index (χ1n) is 14.5. The monoisotopic (exact) mass is 596 g/mol. The number of benzene rings is 1. The lowest BCUT2D eigenvalue weighted by atomic mass is 9.84. The van der Waals surface area contributed by atoms with Crippen molar-refractivity contribution >= 4 is 24.2 Å².